The third-order valence-corrected chi connectivity index (χ3v) is 5.11. The Hall–Kier alpha value is -2.96. The molecule has 7 nitrogen and oxygen atoms in total. The summed E-state index contributed by atoms with van der Waals surface area (Å²) in [5.74, 6) is -0.667. The third kappa shape index (κ3) is 2.69. The summed E-state index contributed by atoms with van der Waals surface area (Å²) in [5, 5.41) is 4.19. The van der Waals surface area contributed by atoms with E-state index < -0.39 is 0 Å². The van der Waals surface area contributed by atoms with Crippen LogP contribution < -0.4 is 0 Å². The first-order valence-corrected chi connectivity index (χ1v) is 8.79. The number of hydrogen-bond acceptors (Lipinski definition) is 4. The highest BCUT2D eigenvalue weighted by molar-refractivity contribution is 6.21. The zero-order valence-electron chi connectivity index (χ0n) is 14.6. The van der Waals surface area contributed by atoms with Gasteiger partial charge in [0.2, 0.25) is 5.91 Å². The van der Waals surface area contributed by atoms with Gasteiger partial charge in [0.05, 0.1) is 23.4 Å². The molecule has 2 aliphatic heterocycles. The number of benzene rings is 1. The number of nitrogens with zero attached hydrogens (tertiary/aromatic N) is 4. The zero-order valence-corrected chi connectivity index (χ0v) is 14.6. The summed E-state index contributed by atoms with van der Waals surface area (Å²) in [6, 6.07) is 6.80. The zero-order chi connectivity index (χ0) is 18.3. The minimum Gasteiger partial charge on any atom is -0.335 e. The maximum absolute atomic E-state index is 12.7. The predicted molar refractivity (Wildman–Crippen MR) is 93.3 cm³/mol. The van der Waals surface area contributed by atoms with Gasteiger partial charge in [0.1, 0.15) is 0 Å². The fraction of sp³-hybridized carbons (Fsp3) is 0.368. The lowest BCUT2D eigenvalue weighted by Crippen LogP contribution is -2.36. The van der Waals surface area contributed by atoms with Gasteiger partial charge in [-0.15, -0.1) is 0 Å². The Labute approximate surface area is 151 Å². The smallest absolute Gasteiger partial charge is 0.261 e. The van der Waals surface area contributed by atoms with Crippen LogP contribution in [0.2, 0.25) is 0 Å². The van der Waals surface area contributed by atoms with Crippen molar-refractivity contribution < 1.29 is 14.4 Å². The SMILES string of the molecule is Cn1cc(C2CCCN2C(=O)CCN2C(=O)c3ccccc3C2=O)cn1. The summed E-state index contributed by atoms with van der Waals surface area (Å²) in [6.45, 7) is 0.807. The lowest BCUT2D eigenvalue weighted by Gasteiger charge is -2.25. The number of carbonyl (C=O) groups excluding carboxylic acids is 3. The van der Waals surface area contributed by atoms with Gasteiger partial charge >= 0.3 is 0 Å². The van der Waals surface area contributed by atoms with Gasteiger partial charge in [0.15, 0.2) is 0 Å². The fourth-order valence-electron chi connectivity index (χ4n) is 3.82. The van der Waals surface area contributed by atoms with Crippen molar-refractivity contribution in [2.75, 3.05) is 13.1 Å². The molecule has 7 heteroatoms. The first-order valence-electron chi connectivity index (χ1n) is 8.79. The Bertz CT molecular complexity index is 853. The van der Waals surface area contributed by atoms with Gasteiger partial charge in [-0.3, -0.25) is 24.0 Å². The molecule has 0 saturated carbocycles. The van der Waals surface area contributed by atoms with Crippen LogP contribution in [0.15, 0.2) is 36.7 Å². The fourth-order valence-corrected chi connectivity index (χ4v) is 3.82. The first-order chi connectivity index (χ1) is 12.6. The topological polar surface area (TPSA) is 75.5 Å². The van der Waals surface area contributed by atoms with Crippen LogP contribution in [0.25, 0.3) is 0 Å². The van der Waals surface area contributed by atoms with E-state index in [4.69, 9.17) is 0 Å². The van der Waals surface area contributed by atoms with Crippen LogP contribution in [0.3, 0.4) is 0 Å². The Morgan fingerprint density at radius 1 is 1.19 bits per heavy atom. The van der Waals surface area contributed by atoms with Crippen LogP contribution in [0.4, 0.5) is 0 Å². The minimum atomic E-state index is -0.316. The van der Waals surface area contributed by atoms with Gasteiger partial charge in [-0.2, -0.15) is 5.10 Å². The average Bonchev–Trinajstić information content (AvgIpc) is 3.34. The van der Waals surface area contributed by atoms with E-state index >= 15 is 0 Å². The Morgan fingerprint density at radius 3 is 2.50 bits per heavy atom. The van der Waals surface area contributed by atoms with Crippen molar-refractivity contribution in [2.45, 2.75) is 25.3 Å². The lowest BCUT2D eigenvalue weighted by molar-refractivity contribution is -0.132. The summed E-state index contributed by atoms with van der Waals surface area (Å²) in [4.78, 5) is 40.5. The molecule has 26 heavy (non-hydrogen) atoms. The normalized spacial score (nSPS) is 19.3. The van der Waals surface area contributed by atoms with E-state index in [-0.39, 0.29) is 36.7 Å². The van der Waals surface area contributed by atoms with Crippen molar-refractivity contribution in [2.24, 2.45) is 7.05 Å². The first kappa shape index (κ1) is 16.5. The molecule has 1 aromatic carbocycles. The van der Waals surface area contributed by atoms with Crippen LogP contribution in [-0.2, 0) is 11.8 Å². The van der Waals surface area contributed by atoms with Gasteiger partial charge < -0.3 is 4.90 Å². The monoisotopic (exact) mass is 352 g/mol. The van der Waals surface area contributed by atoms with Crippen molar-refractivity contribution in [3.63, 3.8) is 0 Å². The third-order valence-electron chi connectivity index (χ3n) is 5.11. The molecule has 1 unspecified atom stereocenters. The number of fused-ring (bicyclic) bond motifs is 1. The van der Waals surface area contributed by atoms with Crippen molar-refractivity contribution in [1.29, 1.82) is 0 Å². The molecule has 3 amide bonds. The highest BCUT2D eigenvalue weighted by atomic mass is 16.2. The van der Waals surface area contributed by atoms with E-state index in [9.17, 15) is 14.4 Å². The predicted octanol–water partition coefficient (Wildman–Crippen LogP) is 1.77. The summed E-state index contributed by atoms with van der Waals surface area (Å²) in [5.41, 5.74) is 1.86. The molecular formula is C19H20N4O3. The van der Waals surface area contributed by atoms with E-state index in [1.807, 2.05) is 18.1 Å². The summed E-state index contributed by atoms with van der Waals surface area (Å²) < 4.78 is 1.73. The number of amides is 3. The summed E-state index contributed by atoms with van der Waals surface area (Å²) in [7, 11) is 1.85. The van der Waals surface area contributed by atoms with E-state index in [0.717, 1.165) is 18.4 Å². The highest BCUT2D eigenvalue weighted by Gasteiger charge is 2.36. The molecule has 0 N–H and O–H groups in total. The standard InChI is InChI=1S/C19H20N4O3/c1-21-12-13(11-20-21)16-7-4-9-22(16)17(24)8-10-23-18(25)14-5-2-3-6-15(14)19(23)26/h2-3,5-6,11-12,16H,4,7-10H2,1H3. The average molecular weight is 352 g/mol. The molecule has 2 aliphatic rings. The van der Waals surface area contributed by atoms with E-state index in [1.54, 1.807) is 35.1 Å². The number of hydrogen-bond donors (Lipinski definition) is 0. The molecule has 0 spiro atoms. The highest BCUT2D eigenvalue weighted by Crippen LogP contribution is 2.32. The molecule has 4 rings (SSSR count). The van der Waals surface area contributed by atoms with E-state index in [1.165, 1.54) is 4.90 Å². The maximum Gasteiger partial charge on any atom is 0.261 e. The molecular weight excluding hydrogens is 332 g/mol. The number of imide groups is 1. The van der Waals surface area contributed by atoms with Crippen molar-refractivity contribution in [3.05, 3.63) is 53.3 Å². The van der Waals surface area contributed by atoms with Gasteiger partial charge in [0.25, 0.3) is 11.8 Å². The Morgan fingerprint density at radius 2 is 1.88 bits per heavy atom. The van der Waals surface area contributed by atoms with Crippen LogP contribution in [0.5, 0.6) is 0 Å². The van der Waals surface area contributed by atoms with Crippen LogP contribution in [-0.4, -0.2) is 50.4 Å². The van der Waals surface area contributed by atoms with Crippen molar-refractivity contribution in [3.8, 4) is 0 Å². The molecule has 1 saturated heterocycles. The maximum atomic E-state index is 12.7. The second-order valence-electron chi connectivity index (χ2n) is 6.75. The van der Waals surface area contributed by atoms with Crippen molar-refractivity contribution >= 4 is 17.7 Å². The number of carbonyl (C=O) groups is 3. The lowest BCUT2D eigenvalue weighted by atomic mass is 10.1. The number of rotatable bonds is 4. The molecule has 1 fully saturated rings. The van der Waals surface area contributed by atoms with Crippen LogP contribution in [0, 0.1) is 0 Å². The Kier molecular flexibility index (Phi) is 4.06. The second kappa shape index (κ2) is 6.40. The van der Waals surface area contributed by atoms with Crippen LogP contribution >= 0.6 is 0 Å². The second-order valence-corrected chi connectivity index (χ2v) is 6.75. The quantitative estimate of drug-likeness (QED) is 0.786. The number of likely N-dealkylation sites (tertiary alicyclic amines) is 1. The molecule has 2 aromatic rings. The molecule has 3 heterocycles. The van der Waals surface area contributed by atoms with E-state index in [2.05, 4.69) is 5.10 Å². The molecule has 0 aliphatic carbocycles. The van der Waals surface area contributed by atoms with E-state index in [0.29, 0.717) is 17.7 Å². The summed E-state index contributed by atoms with van der Waals surface area (Å²) in [6.07, 6.45) is 5.71. The molecule has 1 aromatic heterocycles. The number of aromatic nitrogens is 2. The molecule has 0 bridgehead atoms. The molecule has 0 radical (unpaired) electrons. The summed E-state index contributed by atoms with van der Waals surface area (Å²) >= 11 is 0. The van der Waals surface area contributed by atoms with Gasteiger partial charge in [-0.1, -0.05) is 12.1 Å². The van der Waals surface area contributed by atoms with Gasteiger partial charge in [-0.25, -0.2) is 0 Å². The molecule has 134 valence electrons. The minimum absolute atomic E-state index is 0.0263. The largest absolute Gasteiger partial charge is 0.335 e. The Balaban J connectivity index is 1.43. The van der Waals surface area contributed by atoms with Crippen molar-refractivity contribution in [1.82, 2.24) is 19.6 Å². The molecule has 1 atom stereocenters. The van der Waals surface area contributed by atoms with Crippen LogP contribution in [0.1, 0.15) is 51.6 Å². The van der Waals surface area contributed by atoms with Gasteiger partial charge in [-0.05, 0) is 25.0 Å². The van der Waals surface area contributed by atoms with Gasteiger partial charge in [0, 0.05) is 38.3 Å². The number of aryl methyl sites for hydroxylation is 1.